The average Bonchev–Trinajstić information content (AvgIpc) is 2.56. The first-order valence-electron chi connectivity index (χ1n) is 5.02. The second-order valence-corrected chi connectivity index (χ2v) is 5.18. The molecular formula is C11H15BrN2. The van der Waals surface area contributed by atoms with Crippen molar-refractivity contribution in [3.63, 3.8) is 0 Å². The van der Waals surface area contributed by atoms with Crippen LogP contribution in [0, 0.1) is 6.92 Å². The van der Waals surface area contributed by atoms with Gasteiger partial charge in [0.25, 0.3) is 0 Å². The number of aryl methyl sites for hydroxylation is 1. The molecule has 1 aromatic rings. The molecule has 0 amide bonds. The highest BCUT2D eigenvalue weighted by molar-refractivity contribution is 9.09. The summed E-state index contributed by atoms with van der Waals surface area (Å²) in [6.07, 6.45) is 3.13. The zero-order valence-corrected chi connectivity index (χ0v) is 10.00. The Morgan fingerprint density at radius 3 is 3.14 bits per heavy atom. The Bertz CT molecular complexity index is 314. The van der Waals surface area contributed by atoms with Gasteiger partial charge in [-0.25, -0.2) is 0 Å². The molecule has 0 aromatic carbocycles. The third-order valence-electron chi connectivity index (χ3n) is 2.71. The molecule has 2 heterocycles. The first-order chi connectivity index (χ1) is 6.75. The SMILES string of the molecule is Cc1cccnc1CN1CCC(Br)C1. The Labute approximate surface area is 93.5 Å². The van der Waals surface area contributed by atoms with Crippen molar-refractivity contribution >= 4 is 15.9 Å². The average molecular weight is 255 g/mol. The number of alkyl halides is 1. The summed E-state index contributed by atoms with van der Waals surface area (Å²) in [5.74, 6) is 0. The number of pyridine rings is 1. The summed E-state index contributed by atoms with van der Waals surface area (Å²) >= 11 is 3.65. The molecule has 0 spiro atoms. The smallest absolute Gasteiger partial charge is 0.0573 e. The summed E-state index contributed by atoms with van der Waals surface area (Å²) in [5, 5.41) is 0. The van der Waals surface area contributed by atoms with Gasteiger partial charge in [0.2, 0.25) is 0 Å². The number of rotatable bonds is 2. The minimum atomic E-state index is 0.673. The largest absolute Gasteiger partial charge is 0.296 e. The summed E-state index contributed by atoms with van der Waals surface area (Å²) in [5.41, 5.74) is 2.51. The predicted molar refractivity (Wildman–Crippen MR) is 61.6 cm³/mol. The molecule has 76 valence electrons. The van der Waals surface area contributed by atoms with Gasteiger partial charge in [0, 0.05) is 24.1 Å². The summed E-state index contributed by atoms with van der Waals surface area (Å²) < 4.78 is 0. The highest BCUT2D eigenvalue weighted by Gasteiger charge is 2.20. The number of aromatic nitrogens is 1. The zero-order chi connectivity index (χ0) is 9.97. The Morgan fingerprint density at radius 1 is 1.64 bits per heavy atom. The molecule has 1 saturated heterocycles. The van der Waals surface area contributed by atoms with Crippen molar-refractivity contribution in [2.45, 2.75) is 24.7 Å². The molecule has 1 aliphatic rings. The zero-order valence-electron chi connectivity index (χ0n) is 8.41. The fourth-order valence-electron chi connectivity index (χ4n) is 1.82. The van der Waals surface area contributed by atoms with Crippen LogP contribution in [0.4, 0.5) is 0 Å². The second-order valence-electron chi connectivity index (χ2n) is 3.89. The van der Waals surface area contributed by atoms with E-state index < -0.39 is 0 Å². The molecule has 0 aliphatic carbocycles. The van der Waals surface area contributed by atoms with Crippen molar-refractivity contribution < 1.29 is 0 Å². The maximum absolute atomic E-state index is 4.41. The fraction of sp³-hybridized carbons (Fsp3) is 0.545. The van der Waals surface area contributed by atoms with Crippen molar-refractivity contribution in [2.24, 2.45) is 0 Å². The maximum atomic E-state index is 4.41. The molecule has 0 bridgehead atoms. The Hall–Kier alpha value is -0.410. The number of likely N-dealkylation sites (tertiary alicyclic amines) is 1. The lowest BCUT2D eigenvalue weighted by Crippen LogP contribution is -2.21. The van der Waals surface area contributed by atoms with Gasteiger partial charge in [0.05, 0.1) is 5.69 Å². The van der Waals surface area contributed by atoms with Crippen LogP contribution in [0.5, 0.6) is 0 Å². The van der Waals surface area contributed by atoms with Crippen molar-refractivity contribution in [1.82, 2.24) is 9.88 Å². The Kier molecular flexibility index (Phi) is 3.19. The van der Waals surface area contributed by atoms with Crippen LogP contribution in [-0.2, 0) is 6.54 Å². The highest BCUT2D eigenvalue weighted by Crippen LogP contribution is 2.18. The third-order valence-corrected chi connectivity index (χ3v) is 3.45. The standard InChI is InChI=1S/C11H15BrN2/c1-9-3-2-5-13-11(9)8-14-6-4-10(12)7-14/h2-3,5,10H,4,6-8H2,1H3. The molecule has 1 fully saturated rings. The summed E-state index contributed by atoms with van der Waals surface area (Å²) in [6.45, 7) is 5.46. The summed E-state index contributed by atoms with van der Waals surface area (Å²) in [7, 11) is 0. The van der Waals surface area contributed by atoms with Gasteiger partial charge in [-0.3, -0.25) is 9.88 Å². The highest BCUT2D eigenvalue weighted by atomic mass is 79.9. The van der Waals surface area contributed by atoms with Crippen LogP contribution in [-0.4, -0.2) is 27.8 Å². The van der Waals surface area contributed by atoms with E-state index in [-0.39, 0.29) is 0 Å². The van der Waals surface area contributed by atoms with Crippen LogP contribution >= 0.6 is 15.9 Å². The summed E-state index contributed by atoms with van der Waals surface area (Å²) in [4.78, 5) is 7.54. The molecule has 1 aromatic heterocycles. The monoisotopic (exact) mass is 254 g/mol. The lowest BCUT2D eigenvalue weighted by atomic mass is 10.2. The van der Waals surface area contributed by atoms with Crippen LogP contribution in [0.3, 0.4) is 0 Å². The van der Waals surface area contributed by atoms with Gasteiger partial charge in [-0.15, -0.1) is 0 Å². The van der Waals surface area contributed by atoms with Crippen LogP contribution < -0.4 is 0 Å². The molecule has 2 rings (SSSR count). The second kappa shape index (κ2) is 4.41. The molecule has 0 radical (unpaired) electrons. The Morgan fingerprint density at radius 2 is 2.50 bits per heavy atom. The molecule has 2 nitrogen and oxygen atoms in total. The lowest BCUT2D eigenvalue weighted by Gasteiger charge is -2.15. The van der Waals surface area contributed by atoms with Gasteiger partial charge in [-0.05, 0) is 31.5 Å². The number of hydrogen-bond acceptors (Lipinski definition) is 2. The van der Waals surface area contributed by atoms with E-state index in [4.69, 9.17) is 0 Å². The topological polar surface area (TPSA) is 16.1 Å². The van der Waals surface area contributed by atoms with E-state index in [0.29, 0.717) is 4.83 Å². The predicted octanol–water partition coefficient (Wildman–Crippen LogP) is 2.36. The first kappa shape index (κ1) is 10.1. The maximum Gasteiger partial charge on any atom is 0.0573 e. The molecule has 3 heteroatoms. The van der Waals surface area contributed by atoms with E-state index in [1.165, 1.54) is 24.2 Å². The van der Waals surface area contributed by atoms with Crippen LogP contribution in [0.1, 0.15) is 17.7 Å². The minimum absolute atomic E-state index is 0.673. The van der Waals surface area contributed by atoms with E-state index in [9.17, 15) is 0 Å². The van der Waals surface area contributed by atoms with Crippen molar-refractivity contribution in [3.05, 3.63) is 29.6 Å². The normalized spacial score (nSPS) is 22.9. The van der Waals surface area contributed by atoms with Crippen molar-refractivity contribution in [2.75, 3.05) is 13.1 Å². The van der Waals surface area contributed by atoms with Gasteiger partial charge in [0.15, 0.2) is 0 Å². The molecular weight excluding hydrogens is 240 g/mol. The van der Waals surface area contributed by atoms with E-state index in [0.717, 1.165) is 13.1 Å². The van der Waals surface area contributed by atoms with E-state index >= 15 is 0 Å². The van der Waals surface area contributed by atoms with Gasteiger partial charge in [-0.2, -0.15) is 0 Å². The fourth-order valence-corrected chi connectivity index (χ4v) is 2.44. The molecule has 1 aliphatic heterocycles. The number of nitrogens with zero attached hydrogens (tertiary/aromatic N) is 2. The van der Waals surface area contributed by atoms with E-state index in [2.05, 4.69) is 38.8 Å². The van der Waals surface area contributed by atoms with Crippen LogP contribution in [0.2, 0.25) is 0 Å². The summed E-state index contributed by atoms with van der Waals surface area (Å²) in [6, 6.07) is 4.13. The Balaban J connectivity index is 2.01. The first-order valence-corrected chi connectivity index (χ1v) is 5.94. The molecule has 0 N–H and O–H groups in total. The van der Waals surface area contributed by atoms with Crippen LogP contribution in [0.25, 0.3) is 0 Å². The number of halogens is 1. The molecule has 14 heavy (non-hydrogen) atoms. The van der Waals surface area contributed by atoms with Gasteiger partial charge >= 0.3 is 0 Å². The minimum Gasteiger partial charge on any atom is -0.296 e. The third kappa shape index (κ3) is 2.34. The van der Waals surface area contributed by atoms with E-state index in [1.807, 2.05) is 12.3 Å². The number of hydrogen-bond donors (Lipinski definition) is 0. The van der Waals surface area contributed by atoms with Crippen molar-refractivity contribution in [1.29, 1.82) is 0 Å². The quantitative estimate of drug-likeness (QED) is 0.754. The van der Waals surface area contributed by atoms with Gasteiger partial charge in [0.1, 0.15) is 0 Å². The van der Waals surface area contributed by atoms with E-state index in [1.54, 1.807) is 0 Å². The van der Waals surface area contributed by atoms with Crippen molar-refractivity contribution in [3.8, 4) is 0 Å². The lowest BCUT2D eigenvalue weighted by molar-refractivity contribution is 0.327. The molecule has 0 saturated carbocycles. The van der Waals surface area contributed by atoms with Gasteiger partial charge in [-0.1, -0.05) is 22.0 Å². The molecule has 1 atom stereocenters. The van der Waals surface area contributed by atoms with Crippen LogP contribution in [0.15, 0.2) is 18.3 Å². The molecule has 1 unspecified atom stereocenters. The van der Waals surface area contributed by atoms with Gasteiger partial charge < -0.3 is 0 Å².